The van der Waals surface area contributed by atoms with Crippen LogP contribution in [0.4, 0.5) is 5.13 Å². The van der Waals surface area contributed by atoms with Crippen molar-refractivity contribution in [3.8, 4) is 11.4 Å². The molecule has 1 aromatic carbocycles. The van der Waals surface area contributed by atoms with Gasteiger partial charge in [-0.15, -0.1) is 0 Å². The Kier molecular flexibility index (Phi) is 3.81. The SMILES string of the molecule is CC1(C)COC(C=O)N1c1nc(-c2ccc(Br)cc2)ns1. The molecule has 1 saturated heterocycles. The van der Waals surface area contributed by atoms with E-state index >= 15 is 0 Å². The number of carbonyl (C=O) groups excluding carboxylic acids is 1. The summed E-state index contributed by atoms with van der Waals surface area (Å²) in [4.78, 5) is 17.6. The Hall–Kier alpha value is -1.31. The summed E-state index contributed by atoms with van der Waals surface area (Å²) in [5, 5.41) is 0.701. The van der Waals surface area contributed by atoms with E-state index in [1.165, 1.54) is 11.5 Å². The molecule has 7 heteroatoms. The molecular formula is C14H14BrN3O2S. The second-order valence-electron chi connectivity index (χ2n) is 5.43. The van der Waals surface area contributed by atoms with E-state index in [1.54, 1.807) is 0 Å². The predicted octanol–water partition coefficient (Wildman–Crippen LogP) is 3.11. The molecule has 5 nitrogen and oxygen atoms in total. The molecule has 1 aromatic heterocycles. The van der Waals surface area contributed by atoms with Crippen molar-refractivity contribution in [2.75, 3.05) is 11.5 Å². The summed E-state index contributed by atoms with van der Waals surface area (Å²) in [6, 6.07) is 7.82. The Morgan fingerprint density at radius 3 is 2.81 bits per heavy atom. The molecular weight excluding hydrogens is 354 g/mol. The Balaban J connectivity index is 1.94. The van der Waals surface area contributed by atoms with E-state index < -0.39 is 6.23 Å². The van der Waals surface area contributed by atoms with Gasteiger partial charge in [0.1, 0.15) is 0 Å². The molecule has 0 N–H and O–H groups in total. The predicted molar refractivity (Wildman–Crippen MR) is 85.4 cm³/mol. The first-order chi connectivity index (χ1) is 10.0. The summed E-state index contributed by atoms with van der Waals surface area (Å²) in [6.45, 7) is 4.54. The molecule has 0 saturated carbocycles. The molecule has 21 heavy (non-hydrogen) atoms. The fourth-order valence-electron chi connectivity index (χ4n) is 2.28. The number of aldehydes is 1. The molecule has 0 radical (unpaired) electrons. The minimum Gasteiger partial charge on any atom is -0.349 e. The van der Waals surface area contributed by atoms with Crippen molar-refractivity contribution in [3.63, 3.8) is 0 Å². The standard InChI is InChI=1S/C14H14BrN3O2S/c1-14(2)8-20-11(7-19)18(14)13-16-12(17-21-13)9-3-5-10(15)6-4-9/h3-7,11H,8H2,1-2H3. The molecule has 1 aliphatic heterocycles. The molecule has 1 atom stereocenters. The second kappa shape index (κ2) is 5.47. The molecule has 0 amide bonds. The van der Waals surface area contributed by atoms with Crippen molar-refractivity contribution in [1.82, 2.24) is 9.36 Å². The van der Waals surface area contributed by atoms with Gasteiger partial charge in [-0.2, -0.15) is 9.36 Å². The van der Waals surface area contributed by atoms with Crippen LogP contribution in [-0.2, 0) is 9.53 Å². The highest BCUT2D eigenvalue weighted by Gasteiger charge is 2.42. The van der Waals surface area contributed by atoms with Crippen LogP contribution in [0.3, 0.4) is 0 Å². The van der Waals surface area contributed by atoms with Gasteiger partial charge < -0.3 is 9.64 Å². The quantitative estimate of drug-likeness (QED) is 0.780. The lowest BCUT2D eigenvalue weighted by molar-refractivity contribution is -0.115. The summed E-state index contributed by atoms with van der Waals surface area (Å²) < 4.78 is 10.9. The summed E-state index contributed by atoms with van der Waals surface area (Å²) in [7, 11) is 0. The van der Waals surface area contributed by atoms with Crippen LogP contribution >= 0.6 is 27.5 Å². The molecule has 2 aromatic rings. The molecule has 1 aliphatic rings. The molecule has 0 spiro atoms. The van der Waals surface area contributed by atoms with Crippen molar-refractivity contribution in [2.45, 2.75) is 25.6 Å². The first-order valence-corrected chi connectivity index (χ1v) is 8.04. The van der Waals surface area contributed by atoms with Crippen LogP contribution in [0.25, 0.3) is 11.4 Å². The van der Waals surface area contributed by atoms with Crippen molar-refractivity contribution in [3.05, 3.63) is 28.7 Å². The van der Waals surface area contributed by atoms with Gasteiger partial charge in [-0.1, -0.05) is 28.1 Å². The monoisotopic (exact) mass is 367 g/mol. The molecule has 110 valence electrons. The number of benzene rings is 1. The molecule has 1 fully saturated rings. The van der Waals surface area contributed by atoms with Crippen molar-refractivity contribution >= 4 is 38.9 Å². The smallest absolute Gasteiger partial charge is 0.208 e. The highest BCUT2D eigenvalue weighted by molar-refractivity contribution is 9.10. The van der Waals surface area contributed by atoms with Gasteiger partial charge in [0.25, 0.3) is 0 Å². The van der Waals surface area contributed by atoms with E-state index in [0.717, 1.165) is 16.3 Å². The van der Waals surface area contributed by atoms with Gasteiger partial charge in [-0.25, -0.2) is 0 Å². The highest BCUT2D eigenvalue weighted by Crippen LogP contribution is 2.35. The van der Waals surface area contributed by atoms with Crippen LogP contribution in [0.1, 0.15) is 13.8 Å². The Morgan fingerprint density at radius 1 is 1.43 bits per heavy atom. The van der Waals surface area contributed by atoms with E-state index in [4.69, 9.17) is 4.74 Å². The fraction of sp³-hybridized carbons (Fsp3) is 0.357. The summed E-state index contributed by atoms with van der Waals surface area (Å²) >= 11 is 4.69. The van der Waals surface area contributed by atoms with Crippen LogP contribution < -0.4 is 4.90 Å². The molecule has 3 rings (SSSR count). The third-order valence-electron chi connectivity index (χ3n) is 3.35. The lowest BCUT2D eigenvalue weighted by Crippen LogP contribution is -2.45. The maximum Gasteiger partial charge on any atom is 0.208 e. The van der Waals surface area contributed by atoms with Gasteiger partial charge in [0.05, 0.1) is 12.1 Å². The maximum absolute atomic E-state index is 11.2. The van der Waals surface area contributed by atoms with Crippen LogP contribution in [-0.4, -0.2) is 34.0 Å². The van der Waals surface area contributed by atoms with Crippen LogP contribution in [0.15, 0.2) is 28.7 Å². The topological polar surface area (TPSA) is 55.3 Å². The number of hydrogen-bond acceptors (Lipinski definition) is 6. The summed E-state index contributed by atoms with van der Waals surface area (Å²) in [5.74, 6) is 0.662. The van der Waals surface area contributed by atoms with Gasteiger partial charge in [0, 0.05) is 21.6 Å². The summed E-state index contributed by atoms with van der Waals surface area (Å²) in [6.07, 6.45) is 0.209. The van der Waals surface area contributed by atoms with E-state index in [2.05, 4.69) is 25.3 Å². The van der Waals surface area contributed by atoms with Gasteiger partial charge in [0.2, 0.25) is 5.13 Å². The van der Waals surface area contributed by atoms with Crippen LogP contribution in [0, 0.1) is 0 Å². The number of nitrogens with zero attached hydrogens (tertiary/aromatic N) is 3. The Labute approximate surface area is 135 Å². The number of ether oxygens (including phenoxy) is 1. The minimum atomic E-state index is -0.592. The van der Waals surface area contributed by atoms with E-state index in [1.807, 2.05) is 43.0 Å². The Bertz CT molecular complexity index is 656. The zero-order chi connectivity index (χ0) is 15.0. The first kappa shape index (κ1) is 14.6. The largest absolute Gasteiger partial charge is 0.349 e. The van der Waals surface area contributed by atoms with Gasteiger partial charge in [-0.3, -0.25) is 4.79 Å². The van der Waals surface area contributed by atoms with Gasteiger partial charge in [-0.05, 0) is 26.0 Å². The lowest BCUT2D eigenvalue weighted by Gasteiger charge is -2.30. The van der Waals surface area contributed by atoms with Crippen LogP contribution in [0.2, 0.25) is 0 Å². The van der Waals surface area contributed by atoms with Gasteiger partial charge >= 0.3 is 0 Å². The second-order valence-corrected chi connectivity index (χ2v) is 7.07. The fourth-order valence-corrected chi connectivity index (χ4v) is 3.42. The number of halogens is 1. The Morgan fingerprint density at radius 2 is 2.14 bits per heavy atom. The van der Waals surface area contributed by atoms with E-state index in [-0.39, 0.29) is 5.54 Å². The van der Waals surface area contributed by atoms with E-state index in [9.17, 15) is 4.79 Å². The normalized spacial score (nSPS) is 20.7. The highest BCUT2D eigenvalue weighted by atomic mass is 79.9. The number of hydrogen-bond donors (Lipinski definition) is 0. The number of rotatable bonds is 3. The van der Waals surface area contributed by atoms with Crippen molar-refractivity contribution < 1.29 is 9.53 Å². The number of carbonyl (C=O) groups is 1. The number of anilines is 1. The zero-order valence-electron chi connectivity index (χ0n) is 11.6. The zero-order valence-corrected chi connectivity index (χ0v) is 14.0. The van der Waals surface area contributed by atoms with Crippen LogP contribution in [0.5, 0.6) is 0 Å². The lowest BCUT2D eigenvalue weighted by atomic mass is 10.1. The third kappa shape index (κ3) is 2.73. The van der Waals surface area contributed by atoms with Crippen molar-refractivity contribution in [1.29, 1.82) is 0 Å². The first-order valence-electron chi connectivity index (χ1n) is 6.47. The molecule has 0 bridgehead atoms. The minimum absolute atomic E-state index is 0.276. The molecule has 0 aliphatic carbocycles. The molecule has 1 unspecified atom stereocenters. The summed E-state index contributed by atoms with van der Waals surface area (Å²) in [5.41, 5.74) is 0.670. The van der Waals surface area contributed by atoms with Crippen molar-refractivity contribution in [2.24, 2.45) is 0 Å². The average molecular weight is 368 g/mol. The van der Waals surface area contributed by atoms with Gasteiger partial charge in [0.15, 0.2) is 18.3 Å². The average Bonchev–Trinajstić information content (AvgIpc) is 3.03. The van der Waals surface area contributed by atoms with E-state index in [0.29, 0.717) is 17.6 Å². The maximum atomic E-state index is 11.2. The number of aromatic nitrogens is 2. The third-order valence-corrected chi connectivity index (χ3v) is 4.60. The molecule has 2 heterocycles.